The van der Waals surface area contributed by atoms with Gasteiger partial charge in [-0.05, 0) is 18.2 Å². The third-order valence-electron chi connectivity index (χ3n) is 2.72. The average Bonchev–Trinajstić information content (AvgIpc) is 2.49. The Hall–Kier alpha value is -2.44. The van der Waals surface area contributed by atoms with Crippen molar-refractivity contribution in [2.24, 2.45) is 0 Å². The van der Waals surface area contributed by atoms with Gasteiger partial charge < -0.3 is 14.4 Å². The maximum absolute atomic E-state index is 13.2. The van der Waals surface area contributed by atoms with Crippen LogP contribution in [0.25, 0.3) is 0 Å². The second-order valence-corrected chi connectivity index (χ2v) is 4.14. The molecule has 0 unspecified atom stereocenters. The van der Waals surface area contributed by atoms with Crippen LogP contribution in [-0.2, 0) is 19.1 Å². The quantitative estimate of drug-likeness (QED) is 0.733. The molecule has 1 rings (SSSR count). The van der Waals surface area contributed by atoms with Crippen molar-refractivity contribution in [1.29, 1.82) is 0 Å². The highest BCUT2D eigenvalue weighted by molar-refractivity contribution is 5.96. The topological polar surface area (TPSA) is 72.9 Å². The van der Waals surface area contributed by atoms with Crippen molar-refractivity contribution in [3.8, 4) is 0 Å². The summed E-state index contributed by atoms with van der Waals surface area (Å²) < 4.78 is 22.1. The Labute approximate surface area is 121 Å². The van der Waals surface area contributed by atoms with Gasteiger partial charge in [-0.15, -0.1) is 0 Å². The van der Waals surface area contributed by atoms with E-state index in [0.29, 0.717) is 0 Å². The largest absolute Gasteiger partial charge is 0.469 e. The molecule has 7 heteroatoms. The number of rotatable bonds is 6. The molecule has 1 aromatic rings. The van der Waals surface area contributed by atoms with E-state index in [0.717, 1.165) is 11.0 Å². The first-order valence-electron chi connectivity index (χ1n) is 6.16. The van der Waals surface area contributed by atoms with Crippen LogP contribution in [-0.4, -0.2) is 50.1 Å². The highest BCUT2D eigenvalue weighted by Gasteiger charge is 2.20. The highest BCUT2D eigenvalue weighted by Crippen LogP contribution is 2.08. The monoisotopic (exact) mass is 297 g/mol. The minimum Gasteiger partial charge on any atom is -0.469 e. The third kappa shape index (κ3) is 5.21. The summed E-state index contributed by atoms with van der Waals surface area (Å²) >= 11 is 0. The lowest BCUT2D eigenvalue weighted by molar-refractivity contribution is -0.143. The molecule has 0 aromatic heterocycles. The standard InChI is InChI=1S/C14H16FNO5/c1-20-12(17)6-7-16(9-13(18)21-2)14(19)10-4-3-5-11(15)8-10/h3-5,8H,6-7,9H2,1-2H3. The van der Waals surface area contributed by atoms with Crippen LogP contribution >= 0.6 is 0 Å². The molecule has 0 radical (unpaired) electrons. The molecule has 0 atom stereocenters. The van der Waals surface area contributed by atoms with E-state index in [1.807, 2.05) is 0 Å². The van der Waals surface area contributed by atoms with Crippen molar-refractivity contribution < 1.29 is 28.2 Å². The summed E-state index contributed by atoms with van der Waals surface area (Å²) in [7, 11) is 2.41. The number of esters is 2. The van der Waals surface area contributed by atoms with E-state index in [2.05, 4.69) is 9.47 Å². The van der Waals surface area contributed by atoms with Gasteiger partial charge in [0.15, 0.2) is 0 Å². The number of nitrogens with zero attached hydrogens (tertiary/aromatic N) is 1. The molecular formula is C14H16FNO5. The summed E-state index contributed by atoms with van der Waals surface area (Å²) in [5.74, 6) is -2.28. The number of carbonyl (C=O) groups excluding carboxylic acids is 3. The van der Waals surface area contributed by atoms with Crippen LogP contribution in [0.2, 0.25) is 0 Å². The van der Waals surface area contributed by atoms with Crippen molar-refractivity contribution in [3.63, 3.8) is 0 Å². The second-order valence-electron chi connectivity index (χ2n) is 4.14. The van der Waals surface area contributed by atoms with E-state index in [-0.39, 0.29) is 25.1 Å². The number of amides is 1. The number of ether oxygens (including phenoxy) is 2. The Bertz CT molecular complexity index is 532. The maximum atomic E-state index is 13.2. The normalized spacial score (nSPS) is 9.86. The third-order valence-corrected chi connectivity index (χ3v) is 2.72. The molecule has 0 saturated carbocycles. The summed E-state index contributed by atoms with van der Waals surface area (Å²) in [6.07, 6.45) is -0.0749. The summed E-state index contributed by atoms with van der Waals surface area (Å²) in [4.78, 5) is 35.8. The fourth-order valence-corrected chi connectivity index (χ4v) is 1.61. The Morgan fingerprint density at radius 2 is 1.81 bits per heavy atom. The van der Waals surface area contributed by atoms with Crippen LogP contribution in [0.15, 0.2) is 24.3 Å². The first kappa shape index (κ1) is 16.6. The van der Waals surface area contributed by atoms with Crippen molar-refractivity contribution in [3.05, 3.63) is 35.6 Å². The zero-order valence-corrected chi connectivity index (χ0v) is 11.8. The van der Waals surface area contributed by atoms with Crippen LogP contribution in [0.5, 0.6) is 0 Å². The first-order valence-corrected chi connectivity index (χ1v) is 6.16. The number of methoxy groups -OCH3 is 2. The Morgan fingerprint density at radius 1 is 1.14 bits per heavy atom. The van der Waals surface area contributed by atoms with E-state index >= 15 is 0 Å². The summed E-state index contributed by atoms with van der Waals surface area (Å²) in [6, 6.07) is 5.08. The molecule has 114 valence electrons. The molecule has 1 aromatic carbocycles. The molecule has 0 fully saturated rings. The van der Waals surface area contributed by atoms with Gasteiger partial charge in [-0.3, -0.25) is 14.4 Å². The maximum Gasteiger partial charge on any atom is 0.325 e. The van der Waals surface area contributed by atoms with Crippen molar-refractivity contribution in [1.82, 2.24) is 4.90 Å². The predicted octanol–water partition coefficient (Wildman–Crippen LogP) is 1.00. The van der Waals surface area contributed by atoms with E-state index in [1.54, 1.807) is 0 Å². The van der Waals surface area contributed by atoms with Crippen LogP contribution in [0.3, 0.4) is 0 Å². The van der Waals surface area contributed by atoms with Crippen LogP contribution in [0, 0.1) is 5.82 Å². The minimum atomic E-state index is -0.635. The molecule has 0 bridgehead atoms. The van der Waals surface area contributed by atoms with E-state index in [4.69, 9.17) is 0 Å². The van der Waals surface area contributed by atoms with Gasteiger partial charge >= 0.3 is 11.9 Å². The smallest absolute Gasteiger partial charge is 0.325 e. The van der Waals surface area contributed by atoms with E-state index in [9.17, 15) is 18.8 Å². The molecular weight excluding hydrogens is 281 g/mol. The minimum absolute atomic E-state index is 0.0306. The van der Waals surface area contributed by atoms with Gasteiger partial charge in [0.05, 0.1) is 20.6 Å². The van der Waals surface area contributed by atoms with Gasteiger partial charge in [0.1, 0.15) is 12.4 Å². The molecule has 21 heavy (non-hydrogen) atoms. The molecule has 0 N–H and O–H groups in total. The van der Waals surface area contributed by atoms with E-state index < -0.39 is 23.7 Å². The molecule has 6 nitrogen and oxygen atoms in total. The van der Waals surface area contributed by atoms with Crippen LogP contribution in [0.1, 0.15) is 16.8 Å². The highest BCUT2D eigenvalue weighted by atomic mass is 19.1. The number of halogens is 1. The summed E-state index contributed by atoms with van der Waals surface area (Å²) in [6.45, 7) is -0.361. The van der Waals surface area contributed by atoms with Crippen LogP contribution < -0.4 is 0 Å². The van der Waals surface area contributed by atoms with Crippen molar-refractivity contribution in [2.75, 3.05) is 27.3 Å². The van der Waals surface area contributed by atoms with Crippen molar-refractivity contribution in [2.45, 2.75) is 6.42 Å². The van der Waals surface area contributed by atoms with Crippen LogP contribution in [0.4, 0.5) is 4.39 Å². The van der Waals surface area contributed by atoms with Gasteiger partial charge in [-0.25, -0.2) is 4.39 Å². The molecule has 0 saturated heterocycles. The zero-order valence-electron chi connectivity index (χ0n) is 11.8. The average molecular weight is 297 g/mol. The predicted molar refractivity (Wildman–Crippen MR) is 71.0 cm³/mol. The van der Waals surface area contributed by atoms with Gasteiger partial charge in [0.2, 0.25) is 0 Å². The number of benzene rings is 1. The second kappa shape index (κ2) is 7.98. The molecule has 0 aliphatic heterocycles. The number of hydrogen-bond donors (Lipinski definition) is 0. The van der Waals surface area contributed by atoms with Gasteiger partial charge in [-0.1, -0.05) is 6.07 Å². The lowest BCUT2D eigenvalue weighted by atomic mass is 10.2. The van der Waals surface area contributed by atoms with Gasteiger partial charge in [0, 0.05) is 12.1 Å². The van der Waals surface area contributed by atoms with Gasteiger partial charge in [0.25, 0.3) is 5.91 Å². The fourth-order valence-electron chi connectivity index (χ4n) is 1.61. The zero-order chi connectivity index (χ0) is 15.8. The Balaban J connectivity index is 2.85. The summed E-state index contributed by atoms with van der Waals surface area (Å²) in [5, 5.41) is 0. The fraction of sp³-hybridized carbons (Fsp3) is 0.357. The lowest BCUT2D eigenvalue weighted by Crippen LogP contribution is -2.37. The molecule has 0 heterocycles. The Kier molecular flexibility index (Phi) is 6.32. The number of carbonyl (C=O) groups is 3. The SMILES string of the molecule is COC(=O)CCN(CC(=O)OC)C(=O)c1cccc(F)c1. The summed E-state index contributed by atoms with van der Waals surface area (Å²) in [5.41, 5.74) is 0.0868. The molecule has 0 aliphatic carbocycles. The molecule has 0 aliphatic rings. The first-order chi connectivity index (χ1) is 9.97. The molecule has 1 amide bonds. The molecule has 0 spiro atoms. The lowest BCUT2D eigenvalue weighted by Gasteiger charge is -2.21. The number of hydrogen-bond acceptors (Lipinski definition) is 5. The van der Waals surface area contributed by atoms with Gasteiger partial charge in [-0.2, -0.15) is 0 Å². The Morgan fingerprint density at radius 3 is 2.38 bits per heavy atom. The van der Waals surface area contributed by atoms with Crippen molar-refractivity contribution >= 4 is 17.8 Å². The van der Waals surface area contributed by atoms with E-state index in [1.165, 1.54) is 32.4 Å².